The molecule has 150 valence electrons. The largest absolute Gasteiger partial charge is 0.489 e. The summed E-state index contributed by atoms with van der Waals surface area (Å²) >= 11 is 0. The molecule has 1 atom stereocenters. The highest BCUT2D eigenvalue weighted by Gasteiger charge is 2.21. The third-order valence-electron chi connectivity index (χ3n) is 4.16. The molecule has 2 rings (SSSR count). The molecule has 0 amide bonds. The van der Waals surface area contributed by atoms with Crippen molar-refractivity contribution < 1.29 is 23.8 Å². The molecule has 0 saturated heterocycles. The van der Waals surface area contributed by atoms with Crippen LogP contribution in [-0.2, 0) is 22.6 Å². The van der Waals surface area contributed by atoms with Crippen molar-refractivity contribution in [1.82, 2.24) is 0 Å². The van der Waals surface area contributed by atoms with E-state index in [0.717, 1.165) is 18.4 Å². The van der Waals surface area contributed by atoms with Crippen LogP contribution in [0, 0.1) is 5.82 Å². The minimum Gasteiger partial charge on any atom is -0.489 e. The average molecular weight is 386 g/mol. The summed E-state index contributed by atoms with van der Waals surface area (Å²) in [5.74, 6) is -0.00668. The van der Waals surface area contributed by atoms with E-state index < -0.39 is 11.6 Å². The lowest BCUT2D eigenvalue weighted by molar-refractivity contribution is -0.146. The molecule has 0 fully saturated rings. The molecule has 0 radical (unpaired) electrons. The standard InChI is InChI=1S/C23H27FO4/c1-3-27-22(25)16-23(2,26)15-7-6-8-18-11-13-20(14-12-18)28-17-19-9-4-5-10-21(19)24/h4-5,7,9-15,26H,3,6,8,16-17H2,1-2H3/b15-7+. The van der Waals surface area contributed by atoms with Gasteiger partial charge in [0.25, 0.3) is 0 Å². The Bertz CT molecular complexity index is 781. The summed E-state index contributed by atoms with van der Waals surface area (Å²) in [4.78, 5) is 11.5. The Hall–Kier alpha value is -2.66. The van der Waals surface area contributed by atoms with Crippen molar-refractivity contribution in [1.29, 1.82) is 0 Å². The van der Waals surface area contributed by atoms with E-state index in [4.69, 9.17) is 9.47 Å². The van der Waals surface area contributed by atoms with Crippen molar-refractivity contribution in [2.24, 2.45) is 0 Å². The van der Waals surface area contributed by atoms with Crippen molar-refractivity contribution in [3.05, 3.63) is 77.6 Å². The summed E-state index contributed by atoms with van der Waals surface area (Å²) in [6.45, 7) is 3.81. The lowest BCUT2D eigenvalue weighted by atomic mass is 10.0. The summed E-state index contributed by atoms with van der Waals surface area (Å²) in [5, 5.41) is 10.2. The number of halogens is 1. The molecule has 4 nitrogen and oxygen atoms in total. The molecule has 1 N–H and O–H groups in total. The number of ether oxygens (including phenoxy) is 2. The zero-order valence-corrected chi connectivity index (χ0v) is 16.4. The van der Waals surface area contributed by atoms with Crippen LogP contribution in [0.4, 0.5) is 4.39 Å². The van der Waals surface area contributed by atoms with Gasteiger partial charge in [0, 0.05) is 5.56 Å². The third kappa shape index (κ3) is 7.53. The van der Waals surface area contributed by atoms with Gasteiger partial charge in [-0.25, -0.2) is 4.39 Å². The number of allylic oxidation sites excluding steroid dienone is 1. The van der Waals surface area contributed by atoms with Crippen LogP contribution in [0.15, 0.2) is 60.7 Å². The molecular formula is C23H27FO4. The van der Waals surface area contributed by atoms with Gasteiger partial charge >= 0.3 is 5.97 Å². The van der Waals surface area contributed by atoms with Gasteiger partial charge in [-0.05, 0) is 50.5 Å². The maximum atomic E-state index is 13.6. The Kier molecular flexibility index (Phi) is 8.20. The maximum absolute atomic E-state index is 13.6. The van der Waals surface area contributed by atoms with E-state index in [1.165, 1.54) is 6.07 Å². The van der Waals surface area contributed by atoms with Crippen LogP contribution in [-0.4, -0.2) is 23.3 Å². The molecule has 0 heterocycles. The fourth-order valence-corrected chi connectivity index (χ4v) is 2.68. The zero-order chi connectivity index (χ0) is 20.4. The van der Waals surface area contributed by atoms with E-state index in [-0.39, 0.29) is 18.8 Å². The number of rotatable bonds is 10. The van der Waals surface area contributed by atoms with Gasteiger partial charge in [-0.15, -0.1) is 0 Å². The van der Waals surface area contributed by atoms with Crippen molar-refractivity contribution >= 4 is 5.97 Å². The highest BCUT2D eigenvalue weighted by Crippen LogP contribution is 2.17. The fourth-order valence-electron chi connectivity index (χ4n) is 2.68. The van der Waals surface area contributed by atoms with E-state index >= 15 is 0 Å². The van der Waals surface area contributed by atoms with Crippen LogP contribution in [0.2, 0.25) is 0 Å². The van der Waals surface area contributed by atoms with Crippen LogP contribution >= 0.6 is 0 Å². The molecule has 0 bridgehead atoms. The van der Waals surface area contributed by atoms with Crippen molar-refractivity contribution in [3.63, 3.8) is 0 Å². The van der Waals surface area contributed by atoms with Crippen LogP contribution in [0.3, 0.4) is 0 Å². The van der Waals surface area contributed by atoms with Gasteiger partial charge in [0.05, 0.1) is 18.6 Å². The Morgan fingerprint density at radius 1 is 1.18 bits per heavy atom. The van der Waals surface area contributed by atoms with Gasteiger partial charge in [-0.3, -0.25) is 4.79 Å². The number of aryl methyl sites for hydroxylation is 1. The average Bonchev–Trinajstić information content (AvgIpc) is 2.65. The number of carbonyl (C=O) groups excluding carboxylic acids is 1. The van der Waals surface area contributed by atoms with E-state index in [0.29, 0.717) is 17.9 Å². The molecule has 0 aromatic heterocycles. The summed E-state index contributed by atoms with van der Waals surface area (Å²) in [7, 11) is 0. The second-order valence-electron chi connectivity index (χ2n) is 6.80. The Labute approximate surface area is 165 Å². The molecule has 0 aliphatic heterocycles. The first-order valence-corrected chi connectivity index (χ1v) is 9.40. The molecular weight excluding hydrogens is 359 g/mol. The lowest BCUT2D eigenvalue weighted by Gasteiger charge is -2.17. The molecule has 5 heteroatoms. The molecule has 28 heavy (non-hydrogen) atoms. The van der Waals surface area contributed by atoms with Crippen LogP contribution in [0.1, 0.15) is 37.8 Å². The smallest absolute Gasteiger partial charge is 0.309 e. The Balaban J connectivity index is 1.78. The first-order valence-electron chi connectivity index (χ1n) is 9.40. The second-order valence-corrected chi connectivity index (χ2v) is 6.80. The van der Waals surface area contributed by atoms with Gasteiger partial charge in [0.15, 0.2) is 0 Å². The quantitative estimate of drug-likeness (QED) is 0.479. The van der Waals surface area contributed by atoms with Gasteiger partial charge in [0.2, 0.25) is 0 Å². The summed E-state index contributed by atoms with van der Waals surface area (Å²) in [6, 6.07) is 14.2. The molecule has 0 spiro atoms. The predicted molar refractivity (Wildman–Crippen MR) is 107 cm³/mol. The van der Waals surface area contributed by atoms with Gasteiger partial charge < -0.3 is 14.6 Å². The molecule has 2 aromatic rings. The summed E-state index contributed by atoms with van der Waals surface area (Å²) in [5.41, 5.74) is 0.427. The van der Waals surface area contributed by atoms with Crippen molar-refractivity contribution in [2.45, 2.75) is 45.3 Å². The highest BCUT2D eigenvalue weighted by molar-refractivity contribution is 5.71. The molecule has 2 aromatic carbocycles. The number of esters is 1. The molecule has 0 aliphatic rings. The normalized spacial score (nSPS) is 13.3. The number of hydrogen-bond acceptors (Lipinski definition) is 4. The monoisotopic (exact) mass is 386 g/mol. The van der Waals surface area contributed by atoms with Crippen molar-refractivity contribution in [2.75, 3.05) is 6.61 Å². The fraction of sp³-hybridized carbons (Fsp3) is 0.348. The summed E-state index contributed by atoms with van der Waals surface area (Å²) in [6.07, 6.45) is 4.96. The van der Waals surface area contributed by atoms with Gasteiger partial charge in [-0.1, -0.05) is 42.5 Å². The number of benzene rings is 2. The number of aliphatic hydroxyl groups is 1. The van der Waals surface area contributed by atoms with E-state index in [1.807, 2.05) is 30.3 Å². The molecule has 1 unspecified atom stereocenters. The Morgan fingerprint density at radius 2 is 1.89 bits per heavy atom. The minimum atomic E-state index is -1.21. The van der Waals surface area contributed by atoms with Crippen molar-refractivity contribution in [3.8, 4) is 5.75 Å². The van der Waals surface area contributed by atoms with Crippen LogP contribution < -0.4 is 4.74 Å². The van der Waals surface area contributed by atoms with Crippen LogP contribution in [0.5, 0.6) is 5.75 Å². The SMILES string of the molecule is CCOC(=O)CC(C)(O)/C=C/CCc1ccc(OCc2ccccc2F)cc1. The highest BCUT2D eigenvalue weighted by atomic mass is 19.1. The van der Waals surface area contributed by atoms with E-state index in [2.05, 4.69) is 0 Å². The second kappa shape index (κ2) is 10.6. The molecule has 0 saturated carbocycles. The lowest BCUT2D eigenvalue weighted by Crippen LogP contribution is -2.26. The van der Waals surface area contributed by atoms with E-state index in [1.54, 1.807) is 38.1 Å². The third-order valence-corrected chi connectivity index (χ3v) is 4.16. The first-order chi connectivity index (χ1) is 13.4. The zero-order valence-electron chi connectivity index (χ0n) is 16.4. The topological polar surface area (TPSA) is 55.8 Å². The number of hydrogen-bond donors (Lipinski definition) is 1. The van der Waals surface area contributed by atoms with E-state index in [9.17, 15) is 14.3 Å². The van der Waals surface area contributed by atoms with Gasteiger partial charge in [0.1, 0.15) is 18.2 Å². The maximum Gasteiger partial charge on any atom is 0.309 e. The minimum absolute atomic E-state index is 0.0641. The van der Waals surface area contributed by atoms with Gasteiger partial charge in [-0.2, -0.15) is 0 Å². The summed E-state index contributed by atoms with van der Waals surface area (Å²) < 4.78 is 24.1. The first kappa shape index (κ1) is 21.6. The van der Waals surface area contributed by atoms with Crippen LogP contribution in [0.25, 0.3) is 0 Å². The number of carbonyl (C=O) groups is 1. The predicted octanol–water partition coefficient (Wildman–Crippen LogP) is 4.60. The molecule has 0 aliphatic carbocycles. The Morgan fingerprint density at radius 3 is 2.57 bits per heavy atom.